The summed E-state index contributed by atoms with van der Waals surface area (Å²) in [4.78, 5) is 8.44. The Morgan fingerprint density at radius 1 is 1.00 bits per heavy atom. The highest BCUT2D eigenvalue weighted by atomic mass is 35.5. The summed E-state index contributed by atoms with van der Waals surface area (Å²) in [6.07, 6.45) is 1.45. The van der Waals surface area contributed by atoms with Crippen molar-refractivity contribution >= 4 is 40.3 Å². The van der Waals surface area contributed by atoms with Crippen LogP contribution in [0.4, 0.5) is 28.7 Å². The van der Waals surface area contributed by atoms with Crippen LogP contribution in [0.1, 0.15) is 5.56 Å². The van der Waals surface area contributed by atoms with Crippen molar-refractivity contribution in [2.75, 3.05) is 23.5 Å². The lowest BCUT2D eigenvalue weighted by atomic mass is 10.2. The first-order valence-corrected chi connectivity index (χ1v) is 8.00. The summed E-state index contributed by atoms with van der Waals surface area (Å²) in [5.74, 6) is 1.80. The molecule has 0 bridgehead atoms. The Morgan fingerprint density at radius 3 is 2.36 bits per heavy atom. The lowest BCUT2D eigenvalue weighted by Crippen LogP contribution is -2.05. The zero-order valence-electron chi connectivity index (χ0n) is 13.9. The second kappa shape index (κ2) is 7.27. The van der Waals surface area contributed by atoms with E-state index in [0.717, 1.165) is 22.7 Å². The van der Waals surface area contributed by atoms with E-state index >= 15 is 0 Å². The lowest BCUT2D eigenvalue weighted by Gasteiger charge is -2.14. The van der Waals surface area contributed by atoms with E-state index in [1.165, 1.54) is 6.33 Å². The van der Waals surface area contributed by atoms with Crippen molar-refractivity contribution in [3.63, 3.8) is 0 Å². The number of anilines is 5. The van der Waals surface area contributed by atoms with Crippen LogP contribution in [0.5, 0.6) is 5.75 Å². The zero-order valence-corrected chi connectivity index (χ0v) is 14.6. The topological polar surface area (TPSA) is 85.1 Å². The van der Waals surface area contributed by atoms with Gasteiger partial charge in [-0.1, -0.05) is 17.7 Å². The first kappa shape index (κ1) is 16.9. The summed E-state index contributed by atoms with van der Waals surface area (Å²) >= 11 is 6.16. The van der Waals surface area contributed by atoms with Crippen LogP contribution in [0.3, 0.4) is 0 Å². The van der Waals surface area contributed by atoms with E-state index in [2.05, 4.69) is 20.6 Å². The number of methoxy groups -OCH3 is 1. The third kappa shape index (κ3) is 3.75. The average Bonchev–Trinajstić information content (AvgIpc) is 2.63. The van der Waals surface area contributed by atoms with Gasteiger partial charge >= 0.3 is 0 Å². The van der Waals surface area contributed by atoms with Gasteiger partial charge in [0.1, 0.15) is 17.8 Å². The third-order valence-corrected chi connectivity index (χ3v) is 4.17. The molecule has 0 amide bonds. The minimum atomic E-state index is 0.415. The Labute approximate surface area is 151 Å². The number of nitrogens with one attached hydrogen (secondary N) is 2. The fourth-order valence-electron chi connectivity index (χ4n) is 2.28. The maximum absolute atomic E-state index is 6.22. The molecule has 0 saturated carbocycles. The van der Waals surface area contributed by atoms with Crippen molar-refractivity contribution in [1.29, 1.82) is 0 Å². The molecule has 1 heterocycles. The monoisotopic (exact) mass is 355 g/mol. The molecule has 0 aliphatic heterocycles. The number of rotatable bonds is 5. The molecule has 0 aliphatic rings. The van der Waals surface area contributed by atoms with Gasteiger partial charge in [-0.25, -0.2) is 9.97 Å². The van der Waals surface area contributed by atoms with Gasteiger partial charge in [0.05, 0.1) is 7.11 Å². The Bertz CT molecular complexity index is 883. The van der Waals surface area contributed by atoms with Gasteiger partial charge in [-0.15, -0.1) is 0 Å². The predicted molar refractivity (Wildman–Crippen MR) is 102 cm³/mol. The van der Waals surface area contributed by atoms with Crippen LogP contribution in [0.15, 0.2) is 48.8 Å². The molecule has 0 radical (unpaired) electrons. The molecule has 3 aromatic rings. The van der Waals surface area contributed by atoms with Crippen LogP contribution >= 0.6 is 11.6 Å². The number of aromatic nitrogens is 2. The summed E-state index contributed by atoms with van der Waals surface area (Å²) in [5.41, 5.74) is 9.24. The number of hydrogen-bond acceptors (Lipinski definition) is 6. The Hall–Kier alpha value is -2.99. The number of nitrogens with zero attached hydrogens (tertiary/aromatic N) is 2. The normalized spacial score (nSPS) is 10.4. The largest absolute Gasteiger partial charge is 0.497 e. The van der Waals surface area contributed by atoms with Gasteiger partial charge in [-0.3, -0.25) is 0 Å². The van der Waals surface area contributed by atoms with Gasteiger partial charge < -0.3 is 21.1 Å². The van der Waals surface area contributed by atoms with E-state index in [9.17, 15) is 0 Å². The summed E-state index contributed by atoms with van der Waals surface area (Å²) in [7, 11) is 1.63. The molecule has 128 valence electrons. The summed E-state index contributed by atoms with van der Waals surface area (Å²) in [5, 5.41) is 7.06. The van der Waals surface area contributed by atoms with Gasteiger partial charge in [0.15, 0.2) is 11.6 Å². The number of nitrogens with two attached hydrogens (primary N) is 1. The quantitative estimate of drug-likeness (QED) is 0.624. The number of ether oxygens (including phenoxy) is 1. The highest BCUT2D eigenvalue weighted by molar-refractivity contribution is 6.31. The molecule has 0 aliphatic carbocycles. The van der Waals surface area contributed by atoms with E-state index in [-0.39, 0.29) is 0 Å². The van der Waals surface area contributed by atoms with Gasteiger partial charge in [0, 0.05) is 16.4 Å². The number of hydrogen-bond donors (Lipinski definition) is 3. The van der Waals surface area contributed by atoms with Crippen molar-refractivity contribution in [1.82, 2.24) is 9.97 Å². The molecular weight excluding hydrogens is 338 g/mol. The lowest BCUT2D eigenvalue weighted by molar-refractivity contribution is 0.415. The molecule has 0 spiro atoms. The average molecular weight is 356 g/mol. The van der Waals surface area contributed by atoms with Crippen molar-refractivity contribution in [3.05, 3.63) is 59.4 Å². The number of halogens is 1. The van der Waals surface area contributed by atoms with E-state index in [1.807, 2.05) is 49.4 Å². The van der Waals surface area contributed by atoms with Crippen molar-refractivity contribution < 1.29 is 4.74 Å². The predicted octanol–water partition coefficient (Wildman–Crippen LogP) is 4.52. The maximum Gasteiger partial charge on any atom is 0.159 e. The smallest absolute Gasteiger partial charge is 0.159 e. The molecule has 4 N–H and O–H groups in total. The van der Waals surface area contributed by atoms with Gasteiger partial charge in [-0.2, -0.15) is 0 Å². The van der Waals surface area contributed by atoms with Crippen molar-refractivity contribution in [2.24, 2.45) is 0 Å². The van der Waals surface area contributed by atoms with Crippen LogP contribution in [-0.4, -0.2) is 17.1 Å². The fraction of sp³-hybridized carbons (Fsp3) is 0.111. The molecule has 0 saturated heterocycles. The Balaban J connectivity index is 1.85. The SMILES string of the molecule is COc1ccc(Nc2ncnc(Nc3cccc(Cl)c3C)c2N)cc1. The van der Waals surface area contributed by atoms with Crippen LogP contribution in [-0.2, 0) is 0 Å². The van der Waals surface area contributed by atoms with E-state index in [0.29, 0.717) is 22.3 Å². The van der Waals surface area contributed by atoms with Crippen LogP contribution < -0.4 is 21.1 Å². The molecule has 1 aromatic heterocycles. The molecule has 25 heavy (non-hydrogen) atoms. The fourth-order valence-corrected chi connectivity index (χ4v) is 2.45. The molecule has 7 heteroatoms. The van der Waals surface area contributed by atoms with Crippen LogP contribution in [0, 0.1) is 6.92 Å². The summed E-state index contributed by atoms with van der Waals surface area (Å²) in [6, 6.07) is 13.1. The second-order valence-corrected chi connectivity index (χ2v) is 5.78. The minimum Gasteiger partial charge on any atom is -0.497 e. The molecule has 0 atom stereocenters. The molecule has 2 aromatic carbocycles. The van der Waals surface area contributed by atoms with E-state index in [4.69, 9.17) is 22.1 Å². The first-order valence-electron chi connectivity index (χ1n) is 7.62. The Morgan fingerprint density at radius 2 is 1.68 bits per heavy atom. The van der Waals surface area contributed by atoms with Crippen LogP contribution in [0.25, 0.3) is 0 Å². The van der Waals surface area contributed by atoms with E-state index in [1.54, 1.807) is 7.11 Å². The van der Waals surface area contributed by atoms with Crippen molar-refractivity contribution in [3.8, 4) is 5.75 Å². The maximum atomic E-state index is 6.22. The summed E-state index contributed by atoms with van der Waals surface area (Å²) in [6.45, 7) is 1.93. The van der Waals surface area contributed by atoms with Gasteiger partial charge in [0.2, 0.25) is 0 Å². The molecular formula is C18H18ClN5O. The standard InChI is InChI=1S/C18H18ClN5O/c1-11-14(19)4-3-5-15(11)24-18-16(20)17(21-10-22-18)23-12-6-8-13(25-2)9-7-12/h3-10H,20H2,1-2H3,(H2,21,22,23,24). The third-order valence-electron chi connectivity index (χ3n) is 3.76. The number of nitrogen functional groups attached to an aromatic ring is 1. The summed E-state index contributed by atoms with van der Waals surface area (Å²) < 4.78 is 5.15. The molecule has 3 rings (SSSR count). The highest BCUT2D eigenvalue weighted by Crippen LogP contribution is 2.31. The Kier molecular flexibility index (Phi) is 4.90. The van der Waals surface area contributed by atoms with Crippen molar-refractivity contribution in [2.45, 2.75) is 6.92 Å². The zero-order chi connectivity index (χ0) is 17.8. The first-order chi connectivity index (χ1) is 12.1. The number of benzene rings is 2. The molecule has 6 nitrogen and oxygen atoms in total. The molecule has 0 fully saturated rings. The van der Waals surface area contributed by atoms with Gasteiger partial charge in [-0.05, 0) is 48.9 Å². The van der Waals surface area contributed by atoms with Crippen LogP contribution in [0.2, 0.25) is 5.02 Å². The van der Waals surface area contributed by atoms with E-state index < -0.39 is 0 Å². The molecule has 0 unspecified atom stereocenters. The minimum absolute atomic E-state index is 0.415. The highest BCUT2D eigenvalue weighted by Gasteiger charge is 2.10. The van der Waals surface area contributed by atoms with Gasteiger partial charge in [0.25, 0.3) is 0 Å². The second-order valence-electron chi connectivity index (χ2n) is 5.38.